The summed E-state index contributed by atoms with van der Waals surface area (Å²) in [5.74, 6) is 1.32. The van der Waals surface area contributed by atoms with Crippen molar-refractivity contribution in [1.82, 2.24) is 9.55 Å². The van der Waals surface area contributed by atoms with Crippen LogP contribution in [0.15, 0.2) is 52.4 Å². The lowest BCUT2D eigenvalue weighted by molar-refractivity contribution is -0.152. The molecule has 1 saturated carbocycles. The first kappa shape index (κ1) is 24.5. The number of carbonyl (C=O) groups excluding carboxylic acids is 1. The minimum atomic E-state index is -0.246. The molecule has 0 N–H and O–H groups in total. The third-order valence-corrected chi connectivity index (χ3v) is 8.04. The first-order valence-electron chi connectivity index (χ1n) is 12.2. The Labute approximate surface area is 205 Å². The molecule has 1 fully saturated rings. The van der Waals surface area contributed by atoms with E-state index in [0.29, 0.717) is 33.8 Å². The summed E-state index contributed by atoms with van der Waals surface area (Å²) in [7, 11) is 0. The van der Waals surface area contributed by atoms with Gasteiger partial charge in [-0.2, -0.15) is 0 Å². The minimum absolute atomic E-state index is 0.0392. The van der Waals surface area contributed by atoms with Gasteiger partial charge in [-0.1, -0.05) is 63.2 Å². The fourth-order valence-electron chi connectivity index (χ4n) is 4.98. The van der Waals surface area contributed by atoms with Crippen LogP contribution in [-0.2, 0) is 9.53 Å². The van der Waals surface area contributed by atoms with Gasteiger partial charge in [0.05, 0.1) is 22.3 Å². The molecule has 0 bridgehead atoms. The summed E-state index contributed by atoms with van der Waals surface area (Å²) in [6.45, 7) is 10.7. The van der Waals surface area contributed by atoms with Gasteiger partial charge in [-0.3, -0.25) is 14.2 Å². The van der Waals surface area contributed by atoms with Crippen LogP contribution in [0.25, 0.3) is 16.6 Å². The van der Waals surface area contributed by atoms with E-state index < -0.39 is 0 Å². The van der Waals surface area contributed by atoms with Crippen LogP contribution in [0.2, 0.25) is 0 Å². The maximum absolute atomic E-state index is 13.5. The van der Waals surface area contributed by atoms with E-state index in [-0.39, 0.29) is 23.4 Å². The monoisotopic (exact) mass is 478 g/mol. The highest BCUT2D eigenvalue weighted by Gasteiger charge is 2.33. The summed E-state index contributed by atoms with van der Waals surface area (Å²) in [4.78, 5) is 31.2. The Hall–Kier alpha value is -2.60. The highest BCUT2D eigenvalue weighted by atomic mass is 32.2. The van der Waals surface area contributed by atoms with E-state index in [4.69, 9.17) is 9.72 Å². The fourth-order valence-corrected chi connectivity index (χ4v) is 5.76. The number of rotatable bonds is 6. The van der Waals surface area contributed by atoms with E-state index in [1.54, 1.807) is 10.6 Å². The fraction of sp³-hybridized carbons (Fsp3) is 0.464. The molecule has 0 saturated heterocycles. The smallest absolute Gasteiger partial charge is 0.316 e. The predicted octanol–water partition coefficient (Wildman–Crippen LogP) is 6.10. The molecule has 6 heteroatoms. The SMILES string of the molecule is Cc1cccc(-n2c(SCC(=O)OC3CC(C)CCC3C(C)C)nc3ccccc3c2=O)c1C. The first-order valence-corrected chi connectivity index (χ1v) is 13.2. The lowest BCUT2D eigenvalue weighted by Gasteiger charge is -2.36. The highest BCUT2D eigenvalue weighted by Crippen LogP contribution is 2.35. The summed E-state index contributed by atoms with van der Waals surface area (Å²) in [5, 5.41) is 1.07. The van der Waals surface area contributed by atoms with E-state index in [1.807, 2.05) is 50.2 Å². The second-order valence-electron chi connectivity index (χ2n) is 9.91. The first-order chi connectivity index (χ1) is 16.3. The lowest BCUT2D eigenvalue weighted by Crippen LogP contribution is -2.36. The second kappa shape index (κ2) is 10.3. The Morgan fingerprint density at radius 1 is 1.15 bits per heavy atom. The van der Waals surface area contributed by atoms with Crippen molar-refractivity contribution < 1.29 is 9.53 Å². The third kappa shape index (κ3) is 5.07. The van der Waals surface area contributed by atoms with Gasteiger partial charge in [-0.05, 0) is 73.8 Å². The van der Waals surface area contributed by atoms with Crippen LogP contribution < -0.4 is 5.56 Å². The van der Waals surface area contributed by atoms with Crippen molar-refractivity contribution in [3.8, 4) is 5.69 Å². The van der Waals surface area contributed by atoms with Gasteiger partial charge in [0.1, 0.15) is 6.10 Å². The molecule has 34 heavy (non-hydrogen) atoms. The summed E-state index contributed by atoms with van der Waals surface area (Å²) in [6, 6.07) is 13.3. The maximum Gasteiger partial charge on any atom is 0.316 e. The van der Waals surface area contributed by atoms with Gasteiger partial charge in [-0.15, -0.1) is 0 Å². The van der Waals surface area contributed by atoms with Crippen molar-refractivity contribution in [3.05, 3.63) is 63.9 Å². The molecule has 2 aromatic carbocycles. The number of nitrogens with zero attached hydrogens (tertiary/aromatic N) is 2. The van der Waals surface area contributed by atoms with Crippen molar-refractivity contribution in [3.63, 3.8) is 0 Å². The standard InChI is InChI=1S/C28H34N2O3S/c1-17(2)21-14-13-18(3)15-25(21)33-26(31)16-34-28-29-23-11-7-6-10-22(23)27(32)30(28)24-12-8-9-19(4)20(24)5/h6-12,17-18,21,25H,13-16H2,1-5H3. The summed E-state index contributed by atoms with van der Waals surface area (Å²) in [6.07, 6.45) is 3.17. The minimum Gasteiger partial charge on any atom is -0.461 e. The zero-order valence-corrected chi connectivity index (χ0v) is 21.5. The van der Waals surface area contributed by atoms with Crippen LogP contribution in [0, 0.1) is 31.6 Å². The topological polar surface area (TPSA) is 61.2 Å². The molecule has 180 valence electrons. The molecule has 0 amide bonds. The number of ether oxygens (including phenoxy) is 1. The van der Waals surface area contributed by atoms with E-state index in [1.165, 1.54) is 18.2 Å². The number of aromatic nitrogens is 2. The molecule has 0 radical (unpaired) electrons. The lowest BCUT2D eigenvalue weighted by atomic mass is 9.75. The molecule has 1 aliphatic rings. The van der Waals surface area contributed by atoms with Crippen molar-refractivity contribution in [1.29, 1.82) is 0 Å². The predicted molar refractivity (Wildman–Crippen MR) is 139 cm³/mol. The van der Waals surface area contributed by atoms with Crippen molar-refractivity contribution in [2.75, 3.05) is 5.75 Å². The molecule has 0 aliphatic heterocycles. The Morgan fingerprint density at radius 2 is 1.91 bits per heavy atom. The van der Waals surface area contributed by atoms with E-state index in [2.05, 4.69) is 20.8 Å². The van der Waals surface area contributed by atoms with Crippen LogP contribution in [0.4, 0.5) is 0 Å². The Morgan fingerprint density at radius 3 is 2.68 bits per heavy atom. The third-order valence-electron chi connectivity index (χ3n) is 7.13. The number of hydrogen-bond donors (Lipinski definition) is 0. The van der Waals surface area contributed by atoms with E-state index in [9.17, 15) is 9.59 Å². The number of esters is 1. The van der Waals surface area contributed by atoms with Crippen molar-refractivity contribution in [2.45, 2.75) is 65.1 Å². The van der Waals surface area contributed by atoms with Gasteiger partial charge < -0.3 is 4.74 Å². The van der Waals surface area contributed by atoms with Crippen LogP contribution in [0.1, 0.15) is 51.2 Å². The maximum atomic E-state index is 13.5. The zero-order chi connectivity index (χ0) is 24.4. The van der Waals surface area contributed by atoms with Gasteiger partial charge in [0.15, 0.2) is 5.16 Å². The van der Waals surface area contributed by atoms with E-state index >= 15 is 0 Å². The van der Waals surface area contributed by atoms with Gasteiger partial charge in [0.2, 0.25) is 0 Å². The number of thioether (sulfide) groups is 1. The summed E-state index contributed by atoms with van der Waals surface area (Å²) < 4.78 is 7.63. The highest BCUT2D eigenvalue weighted by molar-refractivity contribution is 7.99. The number of fused-ring (bicyclic) bond motifs is 1. The molecule has 1 aliphatic carbocycles. The Bertz CT molecular complexity index is 1250. The molecule has 0 spiro atoms. The van der Waals surface area contributed by atoms with Gasteiger partial charge in [0, 0.05) is 0 Å². The Balaban J connectivity index is 1.63. The molecule has 5 nitrogen and oxygen atoms in total. The largest absolute Gasteiger partial charge is 0.461 e. The van der Waals surface area contributed by atoms with Crippen molar-refractivity contribution in [2.24, 2.45) is 17.8 Å². The van der Waals surface area contributed by atoms with Gasteiger partial charge in [0.25, 0.3) is 5.56 Å². The molecule has 3 aromatic rings. The number of para-hydroxylation sites is 1. The molecular formula is C28H34N2O3S. The van der Waals surface area contributed by atoms with Gasteiger partial charge in [-0.25, -0.2) is 4.98 Å². The quantitative estimate of drug-likeness (QED) is 0.243. The molecular weight excluding hydrogens is 444 g/mol. The molecule has 1 heterocycles. The molecule has 3 atom stereocenters. The summed E-state index contributed by atoms with van der Waals surface area (Å²) in [5.41, 5.74) is 3.41. The van der Waals surface area contributed by atoms with Crippen LogP contribution in [0.5, 0.6) is 0 Å². The number of carbonyl (C=O) groups is 1. The molecule has 3 unspecified atom stereocenters. The van der Waals surface area contributed by atoms with Crippen LogP contribution >= 0.6 is 11.8 Å². The van der Waals surface area contributed by atoms with Crippen molar-refractivity contribution >= 4 is 28.6 Å². The van der Waals surface area contributed by atoms with Gasteiger partial charge >= 0.3 is 5.97 Å². The average Bonchev–Trinajstić information content (AvgIpc) is 2.80. The van der Waals surface area contributed by atoms with Crippen LogP contribution in [0.3, 0.4) is 0 Å². The average molecular weight is 479 g/mol. The summed E-state index contributed by atoms with van der Waals surface area (Å²) >= 11 is 1.27. The Kier molecular flexibility index (Phi) is 7.46. The zero-order valence-electron chi connectivity index (χ0n) is 20.7. The normalized spacial score (nSPS) is 20.6. The van der Waals surface area contributed by atoms with E-state index in [0.717, 1.165) is 29.7 Å². The number of aryl methyl sites for hydroxylation is 1. The number of hydrogen-bond acceptors (Lipinski definition) is 5. The number of benzene rings is 2. The molecule has 1 aromatic heterocycles. The second-order valence-corrected chi connectivity index (χ2v) is 10.9. The molecule has 4 rings (SSSR count). The van der Waals surface area contributed by atoms with Crippen LogP contribution in [-0.4, -0.2) is 27.4 Å².